The maximum absolute atomic E-state index is 13.7. The first kappa shape index (κ1) is 18.1. The van der Waals surface area contributed by atoms with Gasteiger partial charge in [-0.3, -0.25) is 0 Å². The fourth-order valence-electron chi connectivity index (χ4n) is 2.28. The van der Waals surface area contributed by atoms with Crippen molar-refractivity contribution in [1.82, 2.24) is 4.98 Å². The highest BCUT2D eigenvalue weighted by molar-refractivity contribution is 7.19. The van der Waals surface area contributed by atoms with Crippen LogP contribution in [0.15, 0.2) is 36.0 Å². The quantitative estimate of drug-likeness (QED) is 0.582. The van der Waals surface area contributed by atoms with Gasteiger partial charge in [-0.1, -0.05) is 37.8 Å². The molecule has 1 N–H and O–H groups in total. The summed E-state index contributed by atoms with van der Waals surface area (Å²) >= 11 is 1.52. The summed E-state index contributed by atoms with van der Waals surface area (Å²) in [5.74, 6) is 1.04. The van der Waals surface area contributed by atoms with Gasteiger partial charge in [0, 0.05) is 6.20 Å². The highest BCUT2D eigenvalue weighted by Gasteiger charge is 2.16. The average Bonchev–Trinajstić information content (AvgIpc) is 2.89. The number of benzene rings is 1. The summed E-state index contributed by atoms with van der Waals surface area (Å²) in [6, 6.07) is 4.88. The number of rotatable bonds is 6. The van der Waals surface area contributed by atoms with Crippen LogP contribution in [0.2, 0.25) is 0 Å². The van der Waals surface area contributed by atoms with Crippen LogP contribution in [0.5, 0.6) is 5.75 Å². The summed E-state index contributed by atoms with van der Waals surface area (Å²) in [6.07, 6.45) is 2.32. The van der Waals surface area contributed by atoms with E-state index in [0.29, 0.717) is 5.92 Å². The zero-order valence-electron chi connectivity index (χ0n) is 14.4. The molecule has 24 heavy (non-hydrogen) atoms. The number of ether oxygens (including phenoxy) is 1. The molecule has 2 aromatic rings. The van der Waals surface area contributed by atoms with E-state index in [2.05, 4.69) is 35.7 Å². The SMILES string of the molecule is C=CN=C(C)Nc1nc(CC(C)C)c(-c2ccc(F)c(OC)c2)s1. The molecular formula is C18H22FN3OS. The molecular weight excluding hydrogens is 325 g/mol. The van der Waals surface area contributed by atoms with Gasteiger partial charge in [-0.05, 0) is 37.0 Å². The number of hydrogen-bond acceptors (Lipinski definition) is 4. The highest BCUT2D eigenvalue weighted by atomic mass is 32.1. The molecule has 0 fully saturated rings. The number of nitrogens with one attached hydrogen (secondary N) is 1. The highest BCUT2D eigenvalue weighted by Crippen LogP contribution is 2.36. The largest absolute Gasteiger partial charge is 0.494 e. The number of anilines is 1. The average molecular weight is 347 g/mol. The van der Waals surface area contributed by atoms with Crippen LogP contribution in [-0.4, -0.2) is 17.9 Å². The Morgan fingerprint density at radius 3 is 2.88 bits per heavy atom. The molecule has 0 amide bonds. The Hall–Kier alpha value is -2.21. The number of aliphatic imine (C=N–C) groups is 1. The molecule has 4 nitrogen and oxygen atoms in total. The van der Waals surface area contributed by atoms with Gasteiger partial charge in [0.15, 0.2) is 16.7 Å². The third-order valence-electron chi connectivity index (χ3n) is 3.29. The summed E-state index contributed by atoms with van der Waals surface area (Å²) in [4.78, 5) is 9.79. The zero-order chi connectivity index (χ0) is 17.7. The van der Waals surface area contributed by atoms with Gasteiger partial charge in [-0.15, -0.1) is 0 Å². The Kier molecular flexibility index (Phi) is 6.09. The molecule has 0 aliphatic rings. The van der Waals surface area contributed by atoms with Crippen LogP contribution in [0.3, 0.4) is 0 Å². The number of aromatic nitrogens is 1. The van der Waals surface area contributed by atoms with E-state index in [1.54, 1.807) is 12.1 Å². The van der Waals surface area contributed by atoms with E-state index in [9.17, 15) is 4.39 Å². The lowest BCUT2D eigenvalue weighted by atomic mass is 10.0. The van der Waals surface area contributed by atoms with Gasteiger partial charge in [0.05, 0.1) is 17.7 Å². The lowest BCUT2D eigenvalue weighted by molar-refractivity contribution is 0.387. The van der Waals surface area contributed by atoms with Gasteiger partial charge in [0.1, 0.15) is 5.84 Å². The van der Waals surface area contributed by atoms with Crippen LogP contribution in [0.4, 0.5) is 9.52 Å². The molecule has 0 radical (unpaired) electrons. The first-order valence-electron chi connectivity index (χ1n) is 7.70. The summed E-state index contributed by atoms with van der Waals surface area (Å²) < 4.78 is 18.8. The van der Waals surface area contributed by atoms with Crippen molar-refractivity contribution in [2.24, 2.45) is 10.9 Å². The van der Waals surface area contributed by atoms with E-state index >= 15 is 0 Å². The van der Waals surface area contributed by atoms with Gasteiger partial charge in [0.2, 0.25) is 0 Å². The van der Waals surface area contributed by atoms with Crippen molar-refractivity contribution in [2.75, 3.05) is 12.4 Å². The summed E-state index contributed by atoms with van der Waals surface area (Å²) in [6.45, 7) is 9.73. The summed E-state index contributed by atoms with van der Waals surface area (Å²) in [5.41, 5.74) is 1.88. The van der Waals surface area contributed by atoms with Gasteiger partial charge < -0.3 is 10.1 Å². The van der Waals surface area contributed by atoms with E-state index in [4.69, 9.17) is 4.74 Å². The Labute approximate surface area is 146 Å². The Morgan fingerprint density at radius 1 is 1.50 bits per heavy atom. The maximum Gasteiger partial charge on any atom is 0.188 e. The minimum absolute atomic E-state index is 0.232. The molecule has 1 heterocycles. The number of amidine groups is 1. The Morgan fingerprint density at radius 2 is 2.25 bits per heavy atom. The van der Waals surface area contributed by atoms with Crippen LogP contribution in [-0.2, 0) is 6.42 Å². The predicted molar refractivity (Wildman–Crippen MR) is 99.5 cm³/mol. The molecule has 0 saturated carbocycles. The van der Waals surface area contributed by atoms with Crippen LogP contribution in [0.25, 0.3) is 10.4 Å². The van der Waals surface area contributed by atoms with Crippen molar-refractivity contribution in [1.29, 1.82) is 0 Å². The molecule has 128 valence electrons. The Bertz CT molecular complexity index is 753. The van der Waals surface area contributed by atoms with Crippen molar-refractivity contribution in [3.8, 4) is 16.2 Å². The van der Waals surface area contributed by atoms with Crippen molar-refractivity contribution >= 4 is 22.3 Å². The lowest BCUT2D eigenvalue weighted by Crippen LogP contribution is -2.06. The minimum atomic E-state index is -0.372. The van der Waals surface area contributed by atoms with Crippen molar-refractivity contribution in [3.63, 3.8) is 0 Å². The predicted octanol–water partition coefficient (Wildman–Crippen LogP) is 5.13. The molecule has 0 saturated heterocycles. The fourth-order valence-corrected chi connectivity index (χ4v) is 3.32. The standard InChI is InChI=1S/C18H22FN3OS/c1-6-20-12(4)21-18-22-15(9-11(2)3)17(24-18)13-7-8-14(19)16(10-13)23-5/h6-8,10-11H,1,9H2,2-5H3,(H,20,21,22). The second-order valence-corrected chi connectivity index (χ2v) is 6.76. The van der Waals surface area contributed by atoms with Gasteiger partial charge in [-0.2, -0.15) is 0 Å². The number of nitrogens with zero attached hydrogens (tertiary/aromatic N) is 2. The number of methoxy groups -OCH3 is 1. The van der Waals surface area contributed by atoms with E-state index in [0.717, 1.165) is 33.5 Å². The molecule has 2 rings (SSSR count). The molecule has 0 aliphatic carbocycles. The molecule has 6 heteroatoms. The molecule has 0 atom stereocenters. The monoisotopic (exact) mass is 347 g/mol. The number of halogens is 1. The third kappa shape index (κ3) is 4.41. The van der Waals surface area contributed by atoms with Crippen LogP contribution < -0.4 is 10.1 Å². The van der Waals surface area contributed by atoms with E-state index in [-0.39, 0.29) is 11.6 Å². The van der Waals surface area contributed by atoms with E-state index < -0.39 is 0 Å². The van der Waals surface area contributed by atoms with Crippen LogP contribution in [0.1, 0.15) is 26.5 Å². The zero-order valence-corrected chi connectivity index (χ0v) is 15.2. The van der Waals surface area contributed by atoms with E-state index in [1.165, 1.54) is 30.7 Å². The lowest BCUT2D eigenvalue weighted by Gasteiger charge is -2.07. The van der Waals surface area contributed by atoms with Crippen molar-refractivity contribution < 1.29 is 9.13 Å². The molecule has 0 bridgehead atoms. The Balaban J connectivity index is 2.44. The second-order valence-electron chi connectivity index (χ2n) is 5.76. The number of hydrogen-bond donors (Lipinski definition) is 1. The molecule has 1 aromatic heterocycles. The fraction of sp³-hybridized carbons (Fsp3) is 0.333. The molecule has 0 spiro atoms. The summed E-state index contributed by atoms with van der Waals surface area (Å²) in [5, 5.41) is 3.92. The first-order valence-corrected chi connectivity index (χ1v) is 8.52. The second kappa shape index (κ2) is 8.06. The summed E-state index contributed by atoms with van der Waals surface area (Å²) in [7, 11) is 1.46. The van der Waals surface area contributed by atoms with Crippen LogP contribution in [0, 0.1) is 11.7 Å². The van der Waals surface area contributed by atoms with E-state index in [1.807, 2.05) is 6.92 Å². The van der Waals surface area contributed by atoms with Crippen molar-refractivity contribution in [3.05, 3.63) is 42.5 Å². The number of thiazole rings is 1. The topological polar surface area (TPSA) is 46.5 Å². The van der Waals surface area contributed by atoms with Gasteiger partial charge in [-0.25, -0.2) is 14.4 Å². The first-order chi connectivity index (χ1) is 11.4. The smallest absolute Gasteiger partial charge is 0.188 e. The molecule has 0 unspecified atom stereocenters. The minimum Gasteiger partial charge on any atom is -0.494 e. The molecule has 0 aliphatic heterocycles. The maximum atomic E-state index is 13.7. The van der Waals surface area contributed by atoms with Gasteiger partial charge >= 0.3 is 0 Å². The van der Waals surface area contributed by atoms with Crippen molar-refractivity contribution in [2.45, 2.75) is 27.2 Å². The van der Waals surface area contributed by atoms with Gasteiger partial charge in [0.25, 0.3) is 0 Å². The third-order valence-corrected chi connectivity index (χ3v) is 4.35. The van der Waals surface area contributed by atoms with Crippen LogP contribution >= 0.6 is 11.3 Å². The molecule has 1 aromatic carbocycles. The normalized spacial score (nSPS) is 11.7.